The summed E-state index contributed by atoms with van der Waals surface area (Å²) in [5, 5.41) is 1.20. The first kappa shape index (κ1) is 18.4. The van der Waals surface area contributed by atoms with Gasteiger partial charge in [0.1, 0.15) is 0 Å². The van der Waals surface area contributed by atoms with Crippen LogP contribution in [0, 0.1) is 0 Å². The first-order chi connectivity index (χ1) is 13.7. The van der Waals surface area contributed by atoms with Gasteiger partial charge in [-0.15, -0.1) is 0 Å². The zero-order chi connectivity index (χ0) is 19.5. The van der Waals surface area contributed by atoms with Crippen LogP contribution < -0.4 is 9.47 Å². The van der Waals surface area contributed by atoms with E-state index >= 15 is 0 Å². The lowest BCUT2D eigenvalue weighted by Gasteiger charge is -2.27. The molecular weight excluding hydrogens is 352 g/mol. The first-order valence-electron chi connectivity index (χ1n) is 9.89. The van der Waals surface area contributed by atoms with E-state index in [0.29, 0.717) is 36.8 Å². The monoisotopic (exact) mass is 378 g/mol. The molecule has 0 atom stereocenters. The summed E-state index contributed by atoms with van der Waals surface area (Å²) >= 11 is 0. The number of amides is 1. The van der Waals surface area contributed by atoms with Crippen LogP contribution in [-0.4, -0.2) is 36.1 Å². The molecule has 1 amide bonds. The molecule has 0 unspecified atom stereocenters. The molecule has 0 saturated heterocycles. The number of aromatic amines is 1. The molecule has 0 spiro atoms. The van der Waals surface area contributed by atoms with Gasteiger partial charge in [0.25, 0.3) is 5.91 Å². The van der Waals surface area contributed by atoms with E-state index in [1.165, 1.54) is 16.6 Å². The van der Waals surface area contributed by atoms with Gasteiger partial charge in [-0.05, 0) is 30.7 Å². The lowest BCUT2D eigenvalue weighted by molar-refractivity contribution is 0.0734. The molecule has 0 fully saturated rings. The molecule has 1 aliphatic rings. The summed E-state index contributed by atoms with van der Waals surface area (Å²) in [6.45, 7) is 4.10. The molecule has 4 rings (SSSR count). The van der Waals surface area contributed by atoms with E-state index in [1.807, 2.05) is 29.2 Å². The van der Waals surface area contributed by atoms with Crippen molar-refractivity contribution >= 4 is 16.8 Å². The number of fused-ring (bicyclic) bond motifs is 3. The van der Waals surface area contributed by atoms with Gasteiger partial charge in [0.05, 0.1) is 13.7 Å². The summed E-state index contributed by atoms with van der Waals surface area (Å²) in [6.07, 6.45) is 2.90. The highest BCUT2D eigenvalue weighted by molar-refractivity contribution is 5.95. The van der Waals surface area contributed by atoms with Crippen molar-refractivity contribution in [3.63, 3.8) is 0 Å². The van der Waals surface area contributed by atoms with E-state index < -0.39 is 0 Å². The zero-order valence-corrected chi connectivity index (χ0v) is 16.5. The fraction of sp³-hybridized carbons (Fsp3) is 0.348. The van der Waals surface area contributed by atoms with Crippen LogP contribution in [0.15, 0.2) is 42.5 Å². The van der Waals surface area contributed by atoms with Crippen LogP contribution in [0.2, 0.25) is 0 Å². The molecular formula is C23H26N2O3. The Bertz CT molecular complexity index is 993. The molecule has 0 bridgehead atoms. The highest BCUT2D eigenvalue weighted by Gasteiger charge is 2.25. The summed E-state index contributed by atoms with van der Waals surface area (Å²) in [6, 6.07) is 13.7. The lowest BCUT2D eigenvalue weighted by atomic mass is 10.0. The maximum absolute atomic E-state index is 13.1. The Labute approximate surface area is 165 Å². The minimum atomic E-state index is 0.0225. The molecule has 1 aliphatic heterocycles. The Morgan fingerprint density at radius 3 is 2.86 bits per heavy atom. The van der Waals surface area contributed by atoms with E-state index in [4.69, 9.17) is 9.47 Å². The number of carbonyl (C=O) groups is 1. The smallest absolute Gasteiger partial charge is 0.254 e. The summed E-state index contributed by atoms with van der Waals surface area (Å²) in [5.74, 6) is 1.31. The average molecular weight is 378 g/mol. The molecule has 2 heterocycles. The van der Waals surface area contributed by atoms with Crippen molar-refractivity contribution in [3.05, 3.63) is 59.3 Å². The predicted octanol–water partition coefficient (Wildman–Crippen LogP) is 4.55. The number of benzene rings is 2. The second kappa shape index (κ2) is 7.97. The van der Waals surface area contributed by atoms with Crippen molar-refractivity contribution in [1.29, 1.82) is 0 Å². The number of rotatable bonds is 6. The van der Waals surface area contributed by atoms with Gasteiger partial charge >= 0.3 is 0 Å². The van der Waals surface area contributed by atoms with Gasteiger partial charge in [0.15, 0.2) is 11.5 Å². The van der Waals surface area contributed by atoms with E-state index in [-0.39, 0.29) is 5.91 Å². The summed E-state index contributed by atoms with van der Waals surface area (Å²) in [5.41, 5.74) is 4.23. The highest BCUT2D eigenvalue weighted by Crippen LogP contribution is 2.31. The third kappa shape index (κ3) is 3.44. The fourth-order valence-corrected chi connectivity index (χ4v) is 3.77. The third-order valence-corrected chi connectivity index (χ3v) is 5.34. The van der Waals surface area contributed by atoms with E-state index in [9.17, 15) is 4.79 Å². The number of H-pyrrole nitrogens is 1. The van der Waals surface area contributed by atoms with Gasteiger partial charge in [-0.3, -0.25) is 4.79 Å². The Morgan fingerprint density at radius 2 is 2.04 bits per heavy atom. The average Bonchev–Trinajstić information content (AvgIpc) is 3.11. The van der Waals surface area contributed by atoms with Crippen molar-refractivity contribution in [2.75, 3.05) is 20.3 Å². The number of methoxy groups -OCH3 is 1. The zero-order valence-electron chi connectivity index (χ0n) is 16.5. The van der Waals surface area contributed by atoms with Crippen molar-refractivity contribution in [2.45, 2.75) is 32.7 Å². The fourth-order valence-electron chi connectivity index (χ4n) is 3.77. The van der Waals surface area contributed by atoms with Crippen LogP contribution in [0.4, 0.5) is 0 Å². The van der Waals surface area contributed by atoms with Gasteiger partial charge in [-0.2, -0.15) is 0 Å². The SMILES string of the molecule is CCCCOc1ccc(C(=O)N2CCc3[nH]c4ccccc4c3C2)cc1OC. The van der Waals surface area contributed by atoms with Crippen molar-refractivity contribution in [3.8, 4) is 11.5 Å². The maximum Gasteiger partial charge on any atom is 0.254 e. The second-order valence-electron chi connectivity index (χ2n) is 7.17. The molecule has 0 radical (unpaired) electrons. The summed E-state index contributed by atoms with van der Waals surface area (Å²) in [7, 11) is 1.61. The van der Waals surface area contributed by atoms with Gasteiger partial charge in [-0.25, -0.2) is 0 Å². The van der Waals surface area contributed by atoms with Crippen molar-refractivity contribution in [2.24, 2.45) is 0 Å². The summed E-state index contributed by atoms with van der Waals surface area (Å²) in [4.78, 5) is 18.5. The summed E-state index contributed by atoms with van der Waals surface area (Å²) < 4.78 is 11.2. The van der Waals surface area contributed by atoms with Crippen LogP contribution in [0.3, 0.4) is 0 Å². The third-order valence-electron chi connectivity index (χ3n) is 5.34. The largest absolute Gasteiger partial charge is 0.493 e. The topological polar surface area (TPSA) is 54.6 Å². The molecule has 28 heavy (non-hydrogen) atoms. The molecule has 3 aromatic rings. The Hall–Kier alpha value is -2.95. The number of carbonyl (C=O) groups excluding carboxylic acids is 1. The van der Waals surface area contributed by atoms with Gasteiger partial charge in [-0.1, -0.05) is 31.5 Å². The Kier molecular flexibility index (Phi) is 5.24. The maximum atomic E-state index is 13.1. The Morgan fingerprint density at radius 1 is 1.18 bits per heavy atom. The number of hydrogen-bond acceptors (Lipinski definition) is 3. The molecule has 146 valence electrons. The van der Waals surface area contributed by atoms with Crippen LogP contribution >= 0.6 is 0 Å². The molecule has 5 nitrogen and oxygen atoms in total. The quantitative estimate of drug-likeness (QED) is 0.640. The van der Waals surface area contributed by atoms with Crippen LogP contribution in [-0.2, 0) is 13.0 Å². The lowest BCUT2D eigenvalue weighted by Crippen LogP contribution is -2.35. The van der Waals surface area contributed by atoms with Crippen molar-refractivity contribution in [1.82, 2.24) is 9.88 Å². The van der Waals surface area contributed by atoms with Crippen molar-refractivity contribution < 1.29 is 14.3 Å². The Balaban J connectivity index is 1.54. The van der Waals surface area contributed by atoms with Gasteiger partial charge in [0, 0.05) is 47.2 Å². The number of nitrogens with zero attached hydrogens (tertiary/aromatic N) is 1. The molecule has 5 heteroatoms. The molecule has 1 N–H and O–H groups in total. The molecule has 0 saturated carbocycles. The first-order valence-corrected chi connectivity index (χ1v) is 9.89. The van der Waals surface area contributed by atoms with E-state index in [0.717, 1.165) is 24.8 Å². The highest BCUT2D eigenvalue weighted by atomic mass is 16.5. The van der Waals surface area contributed by atoms with Gasteiger partial charge in [0.2, 0.25) is 0 Å². The number of ether oxygens (including phenoxy) is 2. The van der Waals surface area contributed by atoms with Crippen LogP contribution in [0.5, 0.6) is 11.5 Å². The second-order valence-corrected chi connectivity index (χ2v) is 7.17. The van der Waals surface area contributed by atoms with E-state index in [1.54, 1.807) is 13.2 Å². The number of para-hydroxylation sites is 1. The minimum absolute atomic E-state index is 0.0225. The van der Waals surface area contributed by atoms with E-state index in [2.05, 4.69) is 24.0 Å². The number of aromatic nitrogens is 1. The molecule has 2 aromatic carbocycles. The molecule has 1 aromatic heterocycles. The number of nitrogens with one attached hydrogen (secondary N) is 1. The minimum Gasteiger partial charge on any atom is -0.493 e. The number of unbranched alkanes of at least 4 members (excludes halogenated alkanes) is 1. The number of hydrogen-bond donors (Lipinski definition) is 1. The molecule has 0 aliphatic carbocycles. The predicted molar refractivity (Wildman–Crippen MR) is 110 cm³/mol. The standard InChI is InChI=1S/C23H26N2O3/c1-3-4-13-28-21-10-9-16(14-22(21)27-2)23(26)25-12-11-20-18(15-25)17-7-5-6-8-19(17)24-20/h5-10,14,24H,3-4,11-13,15H2,1-2H3. The van der Waals surface area contributed by atoms with Crippen LogP contribution in [0.1, 0.15) is 41.4 Å². The van der Waals surface area contributed by atoms with Gasteiger partial charge < -0.3 is 19.4 Å². The van der Waals surface area contributed by atoms with Crippen LogP contribution in [0.25, 0.3) is 10.9 Å². The normalized spacial score (nSPS) is 13.4.